The third-order valence-corrected chi connectivity index (χ3v) is 5.23. The average molecular weight is 391 g/mol. The van der Waals surface area contributed by atoms with E-state index in [9.17, 15) is 19.2 Å². The molecule has 2 aliphatic heterocycles. The summed E-state index contributed by atoms with van der Waals surface area (Å²) in [4.78, 5) is 52.0. The van der Waals surface area contributed by atoms with Crippen molar-refractivity contribution in [3.63, 3.8) is 0 Å². The molecule has 0 unspecified atom stereocenters. The number of imide groups is 1. The van der Waals surface area contributed by atoms with Gasteiger partial charge in [-0.05, 0) is 42.7 Å². The molecule has 4 rings (SSSR count). The van der Waals surface area contributed by atoms with Gasteiger partial charge in [-0.1, -0.05) is 24.3 Å². The lowest BCUT2D eigenvalue weighted by molar-refractivity contribution is -0.129. The van der Waals surface area contributed by atoms with Crippen molar-refractivity contribution in [1.29, 1.82) is 0 Å². The minimum absolute atomic E-state index is 0.116. The molecule has 1 N–H and O–H groups in total. The molecule has 2 heterocycles. The van der Waals surface area contributed by atoms with E-state index in [-0.39, 0.29) is 12.5 Å². The maximum absolute atomic E-state index is 12.3. The minimum Gasteiger partial charge on any atom is -0.342 e. The second-order valence-corrected chi connectivity index (χ2v) is 7.25. The van der Waals surface area contributed by atoms with E-state index in [4.69, 9.17) is 0 Å². The van der Waals surface area contributed by atoms with E-state index >= 15 is 0 Å². The van der Waals surface area contributed by atoms with Crippen LogP contribution in [-0.2, 0) is 16.0 Å². The summed E-state index contributed by atoms with van der Waals surface area (Å²) in [6, 6.07) is 13.6. The molecule has 0 aromatic heterocycles. The lowest BCUT2D eigenvalue weighted by Gasteiger charge is -2.15. The van der Waals surface area contributed by atoms with Crippen LogP contribution in [0.5, 0.6) is 0 Å². The first-order valence-corrected chi connectivity index (χ1v) is 9.65. The molecule has 0 aliphatic carbocycles. The van der Waals surface area contributed by atoms with E-state index in [1.54, 1.807) is 48.5 Å². The van der Waals surface area contributed by atoms with Crippen molar-refractivity contribution in [3.05, 3.63) is 65.2 Å². The zero-order valence-electron chi connectivity index (χ0n) is 15.9. The topological polar surface area (TPSA) is 86.8 Å². The molecule has 1 fully saturated rings. The molecule has 1 saturated heterocycles. The van der Waals surface area contributed by atoms with Crippen molar-refractivity contribution in [3.8, 4) is 0 Å². The van der Waals surface area contributed by atoms with Crippen LogP contribution >= 0.6 is 0 Å². The number of anilines is 1. The molecule has 4 amide bonds. The molecule has 148 valence electrons. The van der Waals surface area contributed by atoms with Gasteiger partial charge in [0.05, 0.1) is 17.5 Å². The van der Waals surface area contributed by atoms with Crippen LogP contribution in [-0.4, -0.2) is 53.1 Å². The molecule has 0 atom stereocenters. The highest BCUT2D eigenvalue weighted by atomic mass is 16.2. The smallest absolute Gasteiger partial charge is 0.262 e. The van der Waals surface area contributed by atoms with Gasteiger partial charge in [-0.3, -0.25) is 24.1 Å². The highest BCUT2D eigenvalue weighted by Gasteiger charge is 2.36. The first-order valence-electron chi connectivity index (χ1n) is 9.65. The third-order valence-electron chi connectivity index (χ3n) is 5.23. The molecule has 7 heteroatoms. The predicted molar refractivity (Wildman–Crippen MR) is 106 cm³/mol. The number of benzene rings is 2. The van der Waals surface area contributed by atoms with E-state index in [2.05, 4.69) is 5.32 Å². The molecule has 2 aromatic rings. The Balaban J connectivity index is 1.34. The van der Waals surface area contributed by atoms with Gasteiger partial charge in [0.25, 0.3) is 11.8 Å². The number of likely N-dealkylation sites (tertiary alicyclic amines) is 1. The quantitative estimate of drug-likeness (QED) is 0.791. The number of nitrogens with zero attached hydrogens (tertiary/aromatic N) is 2. The van der Waals surface area contributed by atoms with E-state index in [1.807, 2.05) is 4.90 Å². The van der Waals surface area contributed by atoms with Crippen LogP contribution in [0.3, 0.4) is 0 Å². The normalized spacial score (nSPS) is 15.6. The van der Waals surface area contributed by atoms with Crippen molar-refractivity contribution in [2.45, 2.75) is 19.3 Å². The van der Waals surface area contributed by atoms with Crippen molar-refractivity contribution in [1.82, 2.24) is 9.80 Å². The Kier molecular flexibility index (Phi) is 5.12. The van der Waals surface area contributed by atoms with Crippen molar-refractivity contribution < 1.29 is 19.2 Å². The van der Waals surface area contributed by atoms with E-state index < -0.39 is 17.7 Å². The Labute approximate surface area is 168 Å². The summed E-state index contributed by atoms with van der Waals surface area (Å²) in [6.07, 6.45) is 2.46. The number of fused-ring (bicyclic) bond motifs is 1. The van der Waals surface area contributed by atoms with E-state index in [0.717, 1.165) is 36.4 Å². The van der Waals surface area contributed by atoms with Crippen LogP contribution in [0.1, 0.15) is 39.1 Å². The van der Waals surface area contributed by atoms with Crippen molar-refractivity contribution in [2.24, 2.45) is 0 Å². The van der Waals surface area contributed by atoms with Crippen LogP contribution in [0, 0.1) is 0 Å². The summed E-state index contributed by atoms with van der Waals surface area (Å²) in [5.41, 5.74) is 2.05. The molecule has 2 aliphatic rings. The Morgan fingerprint density at radius 3 is 2.03 bits per heavy atom. The molecule has 2 aromatic carbocycles. The number of hydrogen-bond donors (Lipinski definition) is 1. The second kappa shape index (κ2) is 7.87. The fourth-order valence-electron chi connectivity index (χ4n) is 3.69. The zero-order valence-corrected chi connectivity index (χ0v) is 15.9. The van der Waals surface area contributed by atoms with Gasteiger partial charge in [-0.2, -0.15) is 0 Å². The third kappa shape index (κ3) is 3.89. The predicted octanol–water partition coefficient (Wildman–Crippen LogP) is 2.09. The maximum atomic E-state index is 12.3. The highest BCUT2D eigenvalue weighted by Crippen LogP contribution is 2.22. The van der Waals surface area contributed by atoms with Crippen LogP contribution < -0.4 is 5.32 Å². The van der Waals surface area contributed by atoms with Crippen LogP contribution in [0.2, 0.25) is 0 Å². The maximum Gasteiger partial charge on any atom is 0.262 e. The summed E-state index contributed by atoms with van der Waals surface area (Å²) in [6.45, 7) is 1.30. The second-order valence-electron chi connectivity index (χ2n) is 7.25. The lowest BCUT2D eigenvalue weighted by atomic mass is 10.1. The number of nitrogens with one attached hydrogen (secondary N) is 1. The van der Waals surface area contributed by atoms with Gasteiger partial charge in [-0.15, -0.1) is 0 Å². The Morgan fingerprint density at radius 2 is 1.45 bits per heavy atom. The molecular weight excluding hydrogens is 370 g/mol. The lowest BCUT2D eigenvalue weighted by Crippen LogP contribution is -2.37. The molecule has 7 nitrogen and oxygen atoms in total. The SMILES string of the molecule is O=C(CN1C(=O)c2ccccc2C1=O)Nc1ccc(CC(=O)N2CCCC2)cc1. The summed E-state index contributed by atoms with van der Waals surface area (Å²) >= 11 is 0. The van der Waals surface area contributed by atoms with Gasteiger partial charge in [0, 0.05) is 18.8 Å². The number of rotatable bonds is 5. The Hall–Kier alpha value is -3.48. The van der Waals surface area contributed by atoms with Crippen LogP contribution in [0.4, 0.5) is 5.69 Å². The van der Waals surface area contributed by atoms with Gasteiger partial charge < -0.3 is 10.2 Å². The largest absolute Gasteiger partial charge is 0.342 e. The Morgan fingerprint density at radius 1 is 0.862 bits per heavy atom. The number of carbonyl (C=O) groups excluding carboxylic acids is 4. The molecule has 0 saturated carbocycles. The van der Waals surface area contributed by atoms with Crippen LogP contribution in [0.25, 0.3) is 0 Å². The molecule has 0 radical (unpaired) electrons. The summed E-state index contributed by atoms with van der Waals surface area (Å²) in [5.74, 6) is -1.27. The molecule has 0 spiro atoms. The van der Waals surface area contributed by atoms with Gasteiger partial charge in [0.15, 0.2) is 0 Å². The highest BCUT2D eigenvalue weighted by molar-refractivity contribution is 6.22. The summed E-state index contributed by atoms with van der Waals surface area (Å²) in [5, 5.41) is 2.69. The van der Waals surface area contributed by atoms with Crippen LogP contribution in [0.15, 0.2) is 48.5 Å². The molecule has 0 bridgehead atoms. The fraction of sp³-hybridized carbons (Fsp3) is 0.273. The summed E-state index contributed by atoms with van der Waals surface area (Å²) < 4.78 is 0. The van der Waals surface area contributed by atoms with Crippen molar-refractivity contribution >= 4 is 29.3 Å². The standard InChI is InChI=1S/C22H21N3O4/c26-19(14-25-21(28)17-5-1-2-6-18(17)22(25)29)23-16-9-7-15(8-10-16)13-20(27)24-11-3-4-12-24/h1-2,5-10H,3-4,11-14H2,(H,23,26). The fourth-order valence-corrected chi connectivity index (χ4v) is 3.69. The zero-order chi connectivity index (χ0) is 20.4. The van der Waals surface area contributed by atoms with Crippen molar-refractivity contribution in [2.75, 3.05) is 25.0 Å². The Bertz CT molecular complexity index is 943. The average Bonchev–Trinajstić information content (AvgIpc) is 3.34. The monoisotopic (exact) mass is 391 g/mol. The van der Waals surface area contributed by atoms with E-state index in [0.29, 0.717) is 23.2 Å². The molecule has 29 heavy (non-hydrogen) atoms. The van der Waals surface area contributed by atoms with Gasteiger partial charge >= 0.3 is 0 Å². The molecular formula is C22H21N3O4. The minimum atomic E-state index is -0.462. The van der Waals surface area contributed by atoms with Gasteiger partial charge in [-0.25, -0.2) is 0 Å². The van der Waals surface area contributed by atoms with Gasteiger partial charge in [0.1, 0.15) is 6.54 Å². The first kappa shape index (κ1) is 18.9. The number of hydrogen-bond acceptors (Lipinski definition) is 4. The first-order chi connectivity index (χ1) is 14.0. The van der Waals surface area contributed by atoms with E-state index in [1.165, 1.54) is 0 Å². The number of carbonyl (C=O) groups is 4. The number of amides is 4. The summed E-state index contributed by atoms with van der Waals surface area (Å²) in [7, 11) is 0. The van der Waals surface area contributed by atoms with Gasteiger partial charge in [0.2, 0.25) is 11.8 Å².